The van der Waals surface area contributed by atoms with Crippen molar-refractivity contribution in [2.24, 2.45) is 0 Å². The highest BCUT2D eigenvalue weighted by atomic mass is 19.1. The van der Waals surface area contributed by atoms with E-state index < -0.39 is 0 Å². The van der Waals surface area contributed by atoms with Gasteiger partial charge in [0.1, 0.15) is 5.82 Å². The molecule has 0 fully saturated rings. The van der Waals surface area contributed by atoms with Crippen LogP contribution in [0.15, 0.2) is 36.5 Å². The molecule has 0 aliphatic rings. The van der Waals surface area contributed by atoms with Gasteiger partial charge in [-0.2, -0.15) is 5.10 Å². The van der Waals surface area contributed by atoms with Crippen LogP contribution in [0.25, 0.3) is 0 Å². The van der Waals surface area contributed by atoms with Crippen LogP contribution in [-0.2, 0) is 6.42 Å². The van der Waals surface area contributed by atoms with E-state index in [-0.39, 0.29) is 11.9 Å². The molecule has 0 spiro atoms. The van der Waals surface area contributed by atoms with Crippen LogP contribution < -0.4 is 5.32 Å². The second kappa shape index (κ2) is 7.36. The fraction of sp³-hybridized carbons (Fsp3) is 0.471. The Morgan fingerprint density at radius 3 is 2.62 bits per heavy atom. The lowest BCUT2D eigenvalue weighted by Gasteiger charge is -2.16. The molecule has 1 heterocycles. The average Bonchev–Trinajstić information content (AvgIpc) is 2.94. The van der Waals surface area contributed by atoms with Crippen LogP contribution in [0.2, 0.25) is 0 Å². The van der Waals surface area contributed by atoms with Crippen LogP contribution >= 0.6 is 0 Å². The molecule has 0 aliphatic carbocycles. The molecule has 1 unspecified atom stereocenters. The lowest BCUT2D eigenvalue weighted by atomic mass is 10.0. The fourth-order valence-corrected chi connectivity index (χ4v) is 2.67. The van der Waals surface area contributed by atoms with Crippen molar-refractivity contribution in [1.29, 1.82) is 0 Å². The summed E-state index contributed by atoms with van der Waals surface area (Å²) in [5.74, 6) is -0.199. The fourth-order valence-electron chi connectivity index (χ4n) is 2.67. The first-order valence-electron chi connectivity index (χ1n) is 7.64. The molecule has 0 amide bonds. The zero-order valence-corrected chi connectivity index (χ0v) is 13.0. The predicted octanol–water partition coefficient (Wildman–Crippen LogP) is 3.89. The van der Waals surface area contributed by atoms with Crippen LogP contribution in [0, 0.1) is 5.82 Å². The molecule has 2 rings (SSSR count). The number of hydrogen-bond acceptors (Lipinski definition) is 2. The third-order valence-corrected chi connectivity index (χ3v) is 3.99. The molecule has 1 aromatic carbocycles. The number of benzene rings is 1. The van der Waals surface area contributed by atoms with Gasteiger partial charge in [-0.1, -0.05) is 26.0 Å². The minimum absolute atomic E-state index is 0.0748. The first kappa shape index (κ1) is 15.7. The predicted molar refractivity (Wildman–Crippen MR) is 83.8 cm³/mol. The smallest absolute Gasteiger partial charge is 0.123 e. The molecule has 0 radical (unpaired) electrons. The molecule has 0 saturated heterocycles. The highest BCUT2D eigenvalue weighted by Gasteiger charge is 2.14. The second-order valence-electron chi connectivity index (χ2n) is 5.36. The largest absolute Gasteiger partial charge is 0.313 e. The summed E-state index contributed by atoms with van der Waals surface area (Å²) in [6, 6.07) is 9.34. The molecule has 1 aromatic heterocycles. The summed E-state index contributed by atoms with van der Waals surface area (Å²) in [6.07, 6.45) is 4.96. The van der Waals surface area contributed by atoms with Gasteiger partial charge >= 0.3 is 0 Å². The number of likely N-dealkylation sites (N-methyl/N-ethyl adjacent to an activating group) is 1. The van der Waals surface area contributed by atoms with Gasteiger partial charge in [0.2, 0.25) is 0 Å². The number of hydrogen-bond donors (Lipinski definition) is 1. The summed E-state index contributed by atoms with van der Waals surface area (Å²) in [4.78, 5) is 0. The van der Waals surface area contributed by atoms with Gasteiger partial charge in [0.15, 0.2) is 0 Å². The van der Waals surface area contributed by atoms with Crippen LogP contribution in [0.3, 0.4) is 0 Å². The minimum Gasteiger partial charge on any atom is -0.313 e. The lowest BCUT2D eigenvalue weighted by Crippen LogP contribution is -2.19. The maximum absolute atomic E-state index is 13.4. The Hall–Kier alpha value is -1.68. The highest BCUT2D eigenvalue weighted by molar-refractivity contribution is 5.22. The summed E-state index contributed by atoms with van der Waals surface area (Å²) in [6.45, 7) is 4.36. The Morgan fingerprint density at radius 2 is 2.00 bits per heavy atom. The average molecular weight is 289 g/mol. The Kier molecular flexibility index (Phi) is 5.51. The van der Waals surface area contributed by atoms with Gasteiger partial charge in [-0.25, -0.2) is 4.39 Å². The molecule has 0 saturated carbocycles. The van der Waals surface area contributed by atoms with Crippen molar-refractivity contribution in [2.75, 3.05) is 7.05 Å². The third-order valence-electron chi connectivity index (χ3n) is 3.99. The highest BCUT2D eigenvalue weighted by Crippen LogP contribution is 2.20. The van der Waals surface area contributed by atoms with E-state index in [9.17, 15) is 4.39 Å². The molecular weight excluding hydrogens is 265 g/mol. The van der Waals surface area contributed by atoms with Crippen LogP contribution in [-0.4, -0.2) is 16.8 Å². The quantitative estimate of drug-likeness (QED) is 0.838. The maximum atomic E-state index is 13.4. The molecule has 114 valence electrons. The van der Waals surface area contributed by atoms with E-state index in [0.29, 0.717) is 6.04 Å². The minimum atomic E-state index is -0.199. The van der Waals surface area contributed by atoms with Crippen LogP contribution in [0.4, 0.5) is 4.39 Å². The third kappa shape index (κ3) is 3.91. The molecule has 21 heavy (non-hydrogen) atoms. The van der Waals surface area contributed by atoms with Crippen molar-refractivity contribution in [2.45, 2.75) is 45.2 Å². The van der Waals surface area contributed by atoms with E-state index >= 15 is 0 Å². The van der Waals surface area contributed by atoms with Crippen LogP contribution in [0.5, 0.6) is 0 Å². The van der Waals surface area contributed by atoms with Crippen LogP contribution in [0.1, 0.15) is 50.0 Å². The molecule has 1 N–H and O–H groups in total. The number of nitrogens with one attached hydrogen (secondary N) is 1. The van der Waals surface area contributed by atoms with Gasteiger partial charge in [-0.15, -0.1) is 0 Å². The first-order valence-corrected chi connectivity index (χ1v) is 7.64. The first-order chi connectivity index (χ1) is 10.2. The Balaban J connectivity index is 2.12. The van der Waals surface area contributed by atoms with Gasteiger partial charge in [0.25, 0.3) is 0 Å². The van der Waals surface area contributed by atoms with Crippen molar-refractivity contribution < 1.29 is 4.39 Å². The molecular formula is C17H24FN3. The van der Waals surface area contributed by atoms with Gasteiger partial charge in [-0.3, -0.25) is 4.68 Å². The van der Waals surface area contributed by atoms with E-state index in [2.05, 4.69) is 30.3 Å². The summed E-state index contributed by atoms with van der Waals surface area (Å²) in [7, 11) is 1.90. The van der Waals surface area contributed by atoms with Crippen molar-refractivity contribution in [3.05, 3.63) is 53.6 Å². The number of rotatable bonds is 7. The SMILES string of the molecule is CCC(CC)n1ccc(CC(NC)c2cccc(F)c2)n1. The van der Waals surface area contributed by atoms with Crippen molar-refractivity contribution in [3.63, 3.8) is 0 Å². The van der Waals surface area contributed by atoms with Gasteiger partial charge in [0, 0.05) is 18.7 Å². The molecule has 4 heteroatoms. The van der Waals surface area contributed by atoms with E-state index in [1.165, 1.54) is 6.07 Å². The molecule has 2 aromatic rings. The zero-order chi connectivity index (χ0) is 15.2. The molecule has 1 atom stereocenters. The van der Waals surface area contributed by atoms with Gasteiger partial charge < -0.3 is 5.32 Å². The molecule has 0 aliphatic heterocycles. The summed E-state index contributed by atoms with van der Waals surface area (Å²) in [5, 5.41) is 7.92. The monoisotopic (exact) mass is 289 g/mol. The number of aromatic nitrogens is 2. The molecule has 3 nitrogen and oxygen atoms in total. The van der Waals surface area contributed by atoms with Crippen molar-refractivity contribution >= 4 is 0 Å². The zero-order valence-electron chi connectivity index (χ0n) is 13.0. The topological polar surface area (TPSA) is 29.9 Å². The van der Waals surface area contributed by atoms with Crippen molar-refractivity contribution in [1.82, 2.24) is 15.1 Å². The molecule has 0 bridgehead atoms. The van der Waals surface area contributed by atoms with Gasteiger partial charge in [0.05, 0.1) is 11.7 Å². The summed E-state index contributed by atoms with van der Waals surface area (Å²) >= 11 is 0. The summed E-state index contributed by atoms with van der Waals surface area (Å²) in [5.41, 5.74) is 1.99. The lowest BCUT2D eigenvalue weighted by molar-refractivity contribution is 0.423. The van der Waals surface area contributed by atoms with Gasteiger partial charge in [-0.05, 0) is 43.7 Å². The van der Waals surface area contributed by atoms with E-state index in [4.69, 9.17) is 0 Å². The van der Waals surface area contributed by atoms with E-state index in [1.807, 2.05) is 24.0 Å². The van der Waals surface area contributed by atoms with E-state index in [1.54, 1.807) is 12.1 Å². The standard InChI is InChI=1S/C17H24FN3/c1-4-16(5-2)21-10-9-15(20-21)12-17(19-3)13-7-6-8-14(18)11-13/h6-11,16-17,19H,4-5,12H2,1-3H3. The number of halogens is 1. The van der Waals surface area contributed by atoms with Crippen molar-refractivity contribution in [3.8, 4) is 0 Å². The summed E-state index contributed by atoms with van der Waals surface area (Å²) < 4.78 is 15.4. The maximum Gasteiger partial charge on any atom is 0.123 e. The Morgan fingerprint density at radius 1 is 1.24 bits per heavy atom. The Bertz CT molecular complexity index is 561. The Labute approximate surface area is 126 Å². The normalized spacial score (nSPS) is 12.8. The second-order valence-corrected chi connectivity index (χ2v) is 5.36. The number of nitrogens with zero attached hydrogens (tertiary/aromatic N) is 2. The van der Waals surface area contributed by atoms with E-state index in [0.717, 1.165) is 30.5 Å².